The molecule has 0 aliphatic rings. The van der Waals surface area contributed by atoms with Crippen LogP contribution < -0.4 is 9.47 Å². The first kappa shape index (κ1) is 58.8. The summed E-state index contributed by atoms with van der Waals surface area (Å²) in [6, 6.07) is 15.8. The van der Waals surface area contributed by atoms with Gasteiger partial charge in [0.05, 0.1) is 33.0 Å². The van der Waals surface area contributed by atoms with E-state index in [1.807, 2.05) is 62.4 Å². The van der Waals surface area contributed by atoms with Crippen LogP contribution in [0.5, 0.6) is 11.5 Å². The average Bonchev–Trinajstić information content (AvgIpc) is 3.26. The van der Waals surface area contributed by atoms with E-state index in [4.69, 9.17) is 37.9 Å². The van der Waals surface area contributed by atoms with Crippen LogP contribution in [0, 0.1) is 0 Å². The first-order valence-corrected chi connectivity index (χ1v) is 21.1. The number of hydrogen-bond acceptors (Lipinski definition) is 16. The molecule has 368 valence electrons. The van der Waals surface area contributed by atoms with E-state index in [1.165, 1.54) is 27.7 Å². The smallest absolute Gasteiger partial charge is 0.333 e. The molecule has 5 atom stereocenters. The number of rotatable bonds is 29. The van der Waals surface area contributed by atoms with Gasteiger partial charge in [-0.2, -0.15) is 0 Å². The van der Waals surface area contributed by atoms with Gasteiger partial charge < -0.3 is 53.2 Å². The number of Topliss-reactive ketones (excluding diaryl/α,β-unsaturated/α-hetero) is 1. The van der Waals surface area contributed by atoms with Crippen molar-refractivity contribution in [1.82, 2.24) is 0 Å². The van der Waals surface area contributed by atoms with Gasteiger partial charge >= 0.3 is 23.9 Å². The number of carbonyl (C=O) groups excluding carboxylic acids is 5. The van der Waals surface area contributed by atoms with Gasteiger partial charge in [0.2, 0.25) is 11.9 Å². The molecule has 0 saturated carbocycles. The summed E-state index contributed by atoms with van der Waals surface area (Å²) in [6.07, 6.45) is -6.79. The standard InChI is InChI=1S/C29H40O6.C22H28O10/c1-21(2)15-32-17-25(30)19-34-27-11-7-23(8-12-27)29(5,6)24-9-13-28(14-10-24)35-20-26(31)18-33-16-22(3)4;1-11(2)19(25)29-10-15(24)17(31-21(27)13(5)6)18(32-22(28)14(7)8)16(9-23)30-20(26)12(3)4/h7-14,25-26,30-31H,1,3,15-20H2,2,4-6H3;16-18,23H,1,3,5,7,9-10H2,2,4,6,8H3/t;16-,17+,18+/m.1/s1. The van der Waals surface area contributed by atoms with E-state index in [1.54, 1.807) is 0 Å². The van der Waals surface area contributed by atoms with Gasteiger partial charge in [-0.05, 0) is 76.9 Å². The maximum absolute atomic E-state index is 12.8. The molecule has 0 spiro atoms. The lowest BCUT2D eigenvalue weighted by Gasteiger charge is -2.31. The van der Waals surface area contributed by atoms with Gasteiger partial charge in [0, 0.05) is 27.7 Å². The fourth-order valence-corrected chi connectivity index (χ4v) is 5.20. The van der Waals surface area contributed by atoms with Crippen LogP contribution in [0.1, 0.15) is 66.5 Å². The third-order valence-corrected chi connectivity index (χ3v) is 8.99. The molecular weight excluding hydrogens is 869 g/mol. The molecule has 0 bridgehead atoms. The van der Waals surface area contributed by atoms with Crippen LogP contribution in [0.25, 0.3) is 0 Å². The van der Waals surface area contributed by atoms with Gasteiger partial charge in [-0.15, -0.1) is 0 Å². The minimum absolute atomic E-state index is 0.00200. The van der Waals surface area contributed by atoms with Crippen LogP contribution in [0.2, 0.25) is 0 Å². The summed E-state index contributed by atoms with van der Waals surface area (Å²) < 4.78 is 42.2. The van der Waals surface area contributed by atoms with Crippen molar-refractivity contribution in [2.75, 3.05) is 52.9 Å². The van der Waals surface area contributed by atoms with Crippen molar-refractivity contribution in [1.29, 1.82) is 0 Å². The molecular formula is C51H68O16. The Balaban J connectivity index is 0.000000674. The van der Waals surface area contributed by atoms with Crippen LogP contribution in [-0.2, 0) is 57.8 Å². The molecule has 0 heterocycles. The summed E-state index contributed by atoms with van der Waals surface area (Å²) in [5.74, 6) is -3.58. The summed E-state index contributed by atoms with van der Waals surface area (Å²) in [6.45, 7) is 34.2. The van der Waals surface area contributed by atoms with Crippen molar-refractivity contribution in [3.8, 4) is 11.5 Å². The van der Waals surface area contributed by atoms with Crippen LogP contribution in [0.3, 0.4) is 0 Å². The lowest BCUT2D eigenvalue weighted by Crippen LogP contribution is -2.51. The summed E-state index contributed by atoms with van der Waals surface area (Å²) >= 11 is 0. The molecule has 0 amide bonds. The summed E-state index contributed by atoms with van der Waals surface area (Å²) in [7, 11) is 0. The number of aliphatic hydroxyl groups is 3. The van der Waals surface area contributed by atoms with E-state index in [0.717, 1.165) is 22.3 Å². The van der Waals surface area contributed by atoms with Crippen molar-refractivity contribution >= 4 is 29.7 Å². The molecule has 16 heteroatoms. The number of esters is 4. The Morgan fingerprint density at radius 1 is 0.537 bits per heavy atom. The van der Waals surface area contributed by atoms with Crippen molar-refractivity contribution in [2.24, 2.45) is 0 Å². The fraction of sp³-hybridized carbons (Fsp3) is 0.431. The zero-order valence-corrected chi connectivity index (χ0v) is 40.1. The molecule has 3 N–H and O–H groups in total. The number of hydrogen-bond donors (Lipinski definition) is 3. The zero-order chi connectivity index (χ0) is 51.0. The third kappa shape index (κ3) is 22.3. The van der Waals surface area contributed by atoms with Crippen LogP contribution >= 0.6 is 0 Å². The van der Waals surface area contributed by atoms with Gasteiger partial charge in [0.15, 0.2) is 18.8 Å². The summed E-state index contributed by atoms with van der Waals surface area (Å²) in [5, 5.41) is 29.7. The van der Waals surface area contributed by atoms with Crippen molar-refractivity contribution < 1.29 is 77.2 Å². The SMILES string of the molecule is C=C(C)C(=O)OCC(=O)[C@H](OC(=O)C(=C)C)[C@@H](OC(=O)C(=C)C)[C@@H](CO)OC(=O)C(=C)C.C=C(C)COCC(O)COc1ccc(C(C)(C)c2ccc(OCC(O)COCC(=C)C)cc2)cc1. The van der Waals surface area contributed by atoms with Gasteiger partial charge in [0.1, 0.15) is 36.9 Å². The van der Waals surface area contributed by atoms with Crippen LogP contribution in [-0.4, -0.2) is 128 Å². The van der Waals surface area contributed by atoms with E-state index in [-0.39, 0.29) is 54.1 Å². The summed E-state index contributed by atoms with van der Waals surface area (Å²) in [5.41, 5.74) is 3.61. The maximum Gasteiger partial charge on any atom is 0.333 e. The Morgan fingerprint density at radius 2 is 0.910 bits per heavy atom. The maximum atomic E-state index is 12.8. The average molecular weight is 937 g/mol. The number of ether oxygens (including phenoxy) is 8. The Labute approximate surface area is 394 Å². The second kappa shape index (κ2) is 29.5. The van der Waals surface area contributed by atoms with Gasteiger partial charge in [-0.3, -0.25) is 4.79 Å². The predicted molar refractivity (Wildman–Crippen MR) is 251 cm³/mol. The number of ketones is 1. The normalized spacial score (nSPS) is 13.1. The first-order chi connectivity index (χ1) is 31.3. The fourth-order valence-electron chi connectivity index (χ4n) is 5.20. The van der Waals surface area contributed by atoms with E-state index in [0.29, 0.717) is 24.7 Å². The quantitative estimate of drug-likeness (QED) is 0.0379. The highest BCUT2D eigenvalue weighted by molar-refractivity contribution is 5.95. The molecule has 2 unspecified atom stereocenters. The van der Waals surface area contributed by atoms with Crippen LogP contribution in [0.15, 0.2) is 121 Å². The zero-order valence-electron chi connectivity index (χ0n) is 40.1. The molecule has 2 aromatic rings. The van der Waals surface area contributed by atoms with E-state index in [9.17, 15) is 39.3 Å². The minimum atomic E-state index is -1.93. The Bertz CT molecular complexity index is 1970. The van der Waals surface area contributed by atoms with Crippen LogP contribution in [0.4, 0.5) is 0 Å². The van der Waals surface area contributed by atoms with E-state index < -0.39 is 73.4 Å². The van der Waals surface area contributed by atoms with Crippen molar-refractivity contribution in [3.63, 3.8) is 0 Å². The van der Waals surface area contributed by atoms with Gasteiger partial charge in [-0.25, -0.2) is 19.2 Å². The monoisotopic (exact) mass is 936 g/mol. The molecule has 0 saturated heterocycles. The molecule has 2 aromatic carbocycles. The third-order valence-electron chi connectivity index (χ3n) is 8.99. The number of carbonyl (C=O) groups is 5. The largest absolute Gasteiger partial charge is 0.491 e. The second-order valence-electron chi connectivity index (χ2n) is 16.5. The second-order valence-corrected chi connectivity index (χ2v) is 16.5. The van der Waals surface area contributed by atoms with Crippen molar-refractivity contribution in [3.05, 3.63) is 133 Å². The summed E-state index contributed by atoms with van der Waals surface area (Å²) in [4.78, 5) is 60.7. The van der Waals surface area contributed by atoms with E-state index >= 15 is 0 Å². The topological polar surface area (TPSA) is 220 Å². The van der Waals surface area contributed by atoms with Gasteiger partial charge in [-0.1, -0.05) is 88.7 Å². The molecule has 2 rings (SSSR count). The Morgan fingerprint density at radius 3 is 1.27 bits per heavy atom. The lowest BCUT2D eigenvalue weighted by atomic mass is 9.78. The molecule has 16 nitrogen and oxygen atoms in total. The molecule has 0 aliphatic carbocycles. The first-order valence-electron chi connectivity index (χ1n) is 21.1. The highest BCUT2D eigenvalue weighted by atomic mass is 16.6. The highest BCUT2D eigenvalue weighted by Gasteiger charge is 2.43. The van der Waals surface area contributed by atoms with Crippen molar-refractivity contribution in [2.45, 2.75) is 91.3 Å². The molecule has 0 radical (unpaired) electrons. The van der Waals surface area contributed by atoms with Gasteiger partial charge in [0.25, 0.3) is 0 Å². The molecule has 0 aromatic heterocycles. The minimum Gasteiger partial charge on any atom is -0.491 e. The molecule has 0 aliphatic heterocycles. The highest BCUT2D eigenvalue weighted by Crippen LogP contribution is 2.33. The molecule has 67 heavy (non-hydrogen) atoms. The van der Waals surface area contributed by atoms with E-state index in [2.05, 4.69) is 53.3 Å². The number of benzene rings is 2. The lowest BCUT2D eigenvalue weighted by molar-refractivity contribution is -0.187. The Hall–Kier alpha value is -6.17. The molecule has 0 fully saturated rings. The number of aliphatic hydroxyl groups excluding tert-OH is 3. The Kier molecular flexibility index (Phi) is 25.9. The predicted octanol–water partition coefficient (Wildman–Crippen LogP) is 5.81.